The first-order chi connectivity index (χ1) is 29.1. The Kier molecular flexibility index (Phi) is 12.8. The van der Waals surface area contributed by atoms with Gasteiger partial charge in [0.15, 0.2) is 0 Å². The average molecular weight is 891 g/mol. The Labute approximate surface area is 363 Å². The third-order valence-corrected chi connectivity index (χ3v) is 16.6. The Morgan fingerprint density at radius 2 is 1.81 bits per heavy atom. The number of methoxy groups -OCH3 is 1. The number of ether oxygens (including phenoxy) is 3. The van der Waals surface area contributed by atoms with E-state index in [9.17, 15) is 36.7 Å². The molecule has 2 aromatic rings. The normalized spacial score (nSPS) is 33.8. The molecule has 0 spiro atoms. The Bertz CT molecular complexity index is 2140. The van der Waals surface area contributed by atoms with Crippen molar-refractivity contribution in [3.05, 3.63) is 23.9 Å². The Morgan fingerprint density at radius 1 is 1.08 bits per heavy atom. The van der Waals surface area contributed by atoms with Gasteiger partial charge in [0, 0.05) is 24.9 Å². The number of alkyl carbamates (subject to hydrolysis) is 1. The number of rotatable bonds is 9. The molecule has 3 saturated carbocycles. The van der Waals surface area contributed by atoms with Crippen molar-refractivity contribution in [1.29, 1.82) is 0 Å². The van der Waals surface area contributed by atoms with Crippen LogP contribution in [-0.2, 0) is 30.8 Å². The summed E-state index contributed by atoms with van der Waals surface area (Å²) in [5.74, 6) is -2.61. The number of hydrogen-bond donors (Lipinski definition) is 4. The van der Waals surface area contributed by atoms with Gasteiger partial charge in [-0.1, -0.05) is 40.5 Å². The minimum atomic E-state index is -4.18. The molecule has 5 aliphatic rings. The third-order valence-electron chi connectivity index (χ3n) is 14.4. The molecule has 10 atom stereocenters. The Balaban J connectivity index is 1.29. The van der Waals surface area contributed by atoms with Crippen molar-refractivity contribution in [2.75, 3.05) is 13.7 Å². The van der Waals surface area contributed by atoms with Crippen LogP contribution in [0.15, 0.2) is 18.2 Å². The van der Waals surface area contributed by atoms with Gasteiger partial charge in [0.05, 0.1) is 35.0 Å². The maximum absolute atomic E-state index is 15.0. The largest absolute Gasteiger partial charge is 0.497 e. The van der Waals surface area contributed by atoms with Crippen molar-refractivity contribution in [1.82, 2.24) is 30.2 Å². The summed E-state index contributed by atoms with van der Waals surface area (Å²) in [4.78, 5) is 54.2. The number of aliphatic hydroxyl groups excluding tert-OH is 1. The van der Waals surface area contributed by atoms with Crippen LogP contribution < -0.4 is 24.8 Å². The lowest BCUT2D eigenvalue weighted by molar-refractivity contribution is -0.138. The Hall–Kier alpha value is -3.90. The molecule has 18 heteroatoms. The van der Waals surface area contributed by atoms with E-state index in [0.717, 1.165) is 38.5 Å². The number of sulfonamides is 1. The number of nitrogens with zero attached hydrogens (tertiary/aromatic N) is 3. The summed E-state index contributed by atoms with van der Waals surface area (Å²) < 4.78 is 73.7. The number of carbonyl (C=O) groups excluding carboxylic acids is 3. The topological polar surface area (TPSA) is 198 Å². The molecule has 7 rings (SSSR count). The van der Waals surface area contributed by atoms with Gasteiger partial charge in [-0.15, -0.1) is 0 Å². The van der Waals surface area contributed by atoms with Gasteiger partial charge in [0.1, 0.15) is 34.9 Å². The number of benzene rings is 1. The van der Waals surface area contributed by atoms with E-state index in [1.807, 2.05) is 46.8 Å². The number of aliphatic hydroxyl groups is 1. The molecule has 4 N–H and O–H groups in total. The highest BCUT2D eigenvalue weighted by Crippen LogP contribution is 2.50. The van der Waals surface area contributed by atoms with E-state index in [0.29, 0.717) is 54.6 Å². The fraction of sp³-hybridized carbons (Fsp3) is 0.750. The fourth-order valence-corrected chi connectivity index (χ4v) is 11.4. The molecular weight excluding hydrogens is 827 g/mol. The van der Waals surface area contributed by atoms with Crippen LogP contribution in [0.3, 0.4) is 0 Å². The van der Waals surface area contributed by atoms with Gasteiger partial charge in [0.25, 0.3) is 5.91 Å². The predicted molar refractivity (Wildman–Crippen MR) is 226 cm³/mol. The number of aryl methyl sites for hydroxylation is 1. The van der Waals surface area contributed by atoms with Gasteiger partial charge in [-0.2, -0.15) is 0 Å². The standard InChI is InChI=1S/C44H64F2N6O9S/c1-8-28-32-24-52(34(28)36(53)50-44(23-26(44)21-33(45)46)39(55)51-62(57,58)42(5)19-20-42)38(54)35(41(2,3)4)49-40(56)61-43(6)18-12-14-25(43)13-10-9-11-15-30-37(60-32)48-31-22-27(59-7)16-17-29(31)47-30/h16-17,22,25-26,28,32-35,38,54H,8-15,18-21,23-24H2,1-7H3,(H,49,56)(H,50,53)(H,51,55)/t25-,26-,28-,32+,34?,35-,38?,43-,44-/m1/s1. The van der Waals surface area contributed by atoms with E-state index in [1.54, 1.807) is 13.2 Å². The van der Waals surface area contributed by atoms with Gasteiger partial charge >= 0.3 is 6.09 Å². The molecule has 3 heterocycles. The molecule has 15 nitrogen and oxygen atoms in total. The second-order valence-electron chi connectivity index (χ2n) is 19.9. The van der Waals surface area contributed by atoms with Crippen LogP contribution >= 0.6 is 0 Å². The lowest BCUT2D eigenvalue weighted by Gasteiger charge is -2.41. The van der Waals surface area contributed by atoms with Gasteiger partial charge < -0.3 is 30.0 Å². The first kappa shape index (κ1) is 46.1. The first-order valence-electron chi connectivity index (χ1n) is 22.3. The average Bonchev–Trinajstić information content (AvgIpc) is 4.03. The van der Waals surface area contributed by atoms with Crippen molar-refractivity contribution < 1.29 is 50.9 Å². The summed E-state index contributed by atoms with van der Waals surface area (Å²) in [6.45, 7) is 10.8. The molecule has 3 amide bonds. The molecule has 1 aromatic carbocycles. The van der Waals surface area contributed by atoms with E-state index in [1.165, 1.54) is 11.8 Å². The van der Waals surface area contributed by atoms with Gasteiger partial charge in [-0.3, -0.25) is 19.2 Å². The second-order valence-corrected chi connectivity index (χ2v) is 22.1. The highest BCUT2D eigenvalue weighted by molar-refractivity contribution is 7.91. The van der Waals surface area contributed by atoms with E-state index in [-0.39, 0.29) is 24.8 Å². The highest BCUT2D eigenvalue weighted by Gasteiger charge is 2.65. The van der Waals surface area contributed by atoms with Crippen LogP contribution in [0.4, 0.5) is 13.6 Å². The monoisotopic (exact) mass is 890 g/mol. The highest BCUT2D eigenvalue weighted by atomic mass is 32.2. The van der Waals surface area contributed by atoms with Gasteiger partial charge in [-0.25, -0.2) is 32.0 Å². The van der Waals surface area contributed by atoms with Gasteiger partial charge in [-0.05, 0) is 107 Å². The van der Waals surface area contributed by atoms with Crippen molar-refractivity contribution in [3.63, 3.8) is 0 Å². The maximum Gasteiger partial charge on any atom is 0.408 e. The number of carbonyl (C=O) groups is 3. The molecular formula is C44H64F2N6O9S. The lowest BCUT2D eigenvalue weighted by atomic mass is 9.84. The second kappa shape index (κ2) is 17.2. The number of alkyl halides is 2. The van der Waals surface area contributed by atoms with Crippen LogP contribution in [0.5, 0.6) is 11.6 Å². The summed E-state index contributed by atoms with van der Waals surface area (Å²) in [7, 11) is -2.63. The van der Waals surface area contributed by atoms with E-state index in [2.05, 4.69) is 15.4 Å². The molecule has 4 fully saturated rings. The summed E-state index contributed by atoms with van der Waals surface area (Å²) in [5.41, 5.74) is -1.67. The maximum atomic E-state index is 15.0. The number of hydrogen-bond acceptors (Lipinski definition) is 12. The number of aromatic nitrogens is 2. The molecule has 3 unspecified atom stereocenters. The van der Waals surface area contributed by atoms with Crippen LogP contribution in [-0.4, -0.2) is 107 Å². The molecule has 344 valence electrons. The zero-order valence-electron chi connectivity index (χ0n) is 37.0. The third kappa shape index (κ3) is 9.19. The smallest absolute Gasteiger partial charge is 0.408 e. The zero-order chi connectivity index (χ0) is 45.0. The molecule has 62 heavy (non-hydrogen) atoms. The summed E-state index contributed by atoms with van der Waals surface area (Å²) in [5, 5.41) is 18.2. The first-order valence-corrected chi connectivity index (χ1v) is 23.7. The van der Waals surface area contributed by atoms with Crippen molar-refractivity contribution >= 4 is 39.0 Å². The molecule has 1 aromatic heterocycles. The minimum Gasteiger partial charge on any atom is -0.497 e. The molecule has 2 bridgehead atoms. The molecule has 2 aliphatic heterocycles. The number of fused-ring (bicyclic) bond motifs is 5. The number of amides is 3. The van der Waals surface area contributed by atoms with Crippen LogP contribution in [0.2, 0.25) is 0 Å². The van der Waals surface area contributed by atoms with Gasteiger partial charge in [0.2, 0.25) is 28.2 Å². The molecule has 3 aliphatic carbocycles. The quantitative estimate of drug-likeness (QED) is 0.238. The van der Waals surface area contributed by atoms with Crippen molar-refractivity contribution in [2.24, 2.45) is 23.2 Å². The fourth-order valence-electron chi connectivity index (χ4n) is 10.1. The van der Waals surface area contributed by atoms with Crippen LogP contribution in [0.1, 0.15) is 124 Å². The van der Waals surface area contributed by atoms with E-state index >= 15 is 0 Å². The summed E-state index contributed by atoms with van der Waals surface area (Å²) in [6, 6.07) is 3.14. The van der Waals surface area contributed by atoms with E-state index in [4.69, 9.17) is 24.2 Å². The summed E-state index contributed by atoms with van der Waals surface area (Å²) >= 11 is 0. The summed E-state index contributed by atoms with van der Waals surface area (Å²) in [6.07, 6.45) is 0.699. The SMILES string of the molecule is CC[C@H]1C(C(=O)N[C@]2(C(=O)NS(=O)(=O)C3(C)CC3)C[C@H]2CC(F)F)N2C[C@@H]1Oc1nc3cc(OC)ccc3nc1CCCCC[C@@H]1CCC[C@@]1(C)OC(=O)N[C@@H](C(C)(C)C)C2O. The predicted octanol–water partition coefficient (Wildman–Crippen LogP) is 5.76. The Morgan fingerprint density at radius 3 is 2.47 bits per heavy atom. The van der Waals surface area contributed by atoms with Crippen molar-refractivity contribution in [3.8, 4) is 11.6 Å². The number of halogens is 2. The zero-order valence-corrected chi connectivity index (χ0v) is 37.8. The van der Waals surface area contributed by atoms with Crippen LogP contribution in [0, 0.1) is 23.2 Å². The number of nitrogens with one attached hydrogen (secondary N) is 3. The van der Waals surface area contributed by atoms with E-state index < -0.39 is 98.3 Å². The molecule has 1 saturated heterocycles. The minimum absolute atomic E-state index is 0.0511. The van der Waals surface area contributed by atoms with Crippen LogP contribution in [0.25, 0.3) is 11.0 Å². The van der Waals surface area contributed by atoms with Crippen molar-refractivity contribution in [2.45, 2.75) is 172 Å². The molecule has 0 radical (unpaired) electrons. The lowest BCUT2D eigenvalue weighted by Crippen LogP contribution is -2.63.